The van der Waals surface area contributed by atoms with E-state index in [1.807, 2.05) is 0 Å². The van der Waals surface area contributed by atoms with E-state index in [0.29, 0.717) is 9.79 Å². The Bertz CT molecular complexity index is 494. The number of rotatable bonds is 2. The van der Waals surface area contributed by atoms with E-state index in [-0.39, 0.29) is 14.9 Å². The Balaban J connectivity index is 0.00000128. The fraction of sp³-hybridized carbons (Fsp3) is 0. The van der Waals surface area contributed by atoms with E-state index >= 15 is 0 Å². The van der Waals surface area contributed by atoms with E-state index in [4.69, 9.17) is 0 Å². The Kier molecular flexibility index (Phi) is 4.15. The van der Waals surface area contributed by atoms with Crippen LogP contribution in [0.4, 0.5) is 0 Å². The van der Waals surface area contributed by atoms with Crippen molar-refractivity contribution in [3.63, 3.8) is 0 Å². The van der Waals surface area contributed by atoms with Crippen LogP contribution in [-0.4, -0.2) is 8.42 Å². The third-order valence-corrected chi connectivity index (χ3v) is 3.89. The molecule has 2 aromatic carbocycles. The summed E-state index contributed by atoms with van der Waals surface area (Å²) in [6.45, 7) is 0. The molecular weight excluding hydrogens is 240 g/mol. The predicted molar refractivity (Wildman–Crippen MR) is 69.8 cm³/mol. The minimum atomic E-state index is -3.34. The summed E-state index contributed by atoms with van der Waals surface area (Å²) in [5.41, 5.74) is 0. The lowest BCUT2D eigenvalue weighted by atomic mass is 10.4. The molecule has 0 saturated heterocycles. The molecule has 0 radical (unpaired) electrons. The second kappa shape index (κ2) is 5.18. The van der Waals surface area contributed by atoms with Crippen molar-refractivity contribution in [3.8, 4) is 0 Å². The maximum atomic E-state index is 12.0. The summed E-state index contributed by atoms with van der Waals surface area (Å²) in [6, 6.07) is 16.9. The highest BCUT2D eigenvalue weighted by molar-refractivity contribution is 7.91. The van der Waals surface area contributed by atoms with E-state index in [2.05, 4.69) is 0 Å². The maximum Gasteiger partial charge on any atom is 1.00 e. The standard InChI is InChI=1S/C12H10O2S.H2S/c13-15(14,11-7-3-1-4-8-11)12-9-5-2-6-10-12;/h1-10H;1H2/p+1. The Morgan fingerprint density at radius 2 is 1.00 bits per heavy atom. The van der Waals surface area contributed by atoms with E-state index in [1.165, 1.54) is 0 Å². The highest BCUT2D eigenvalue weighted by Gasteiger charge is 2.15. The van der Waals surface area contributed by atoms with Gasteiger partial charge in [0, 0.05) is 0 Å². The summed E-state index contributed by atoms with van der Waals surface area (Å²) in [6.07, 6.45) is 0. The van der Waals surface area contributed by atoms with Crippen LogP contribution >= 0.6 is 13.5 Å². The van der Waals surface area contributed by atoms with Crippen LogP contribution in [0.25, 0.3) is 0 Å². The summed E-state index contributed by atoms with van der Waals surface area (Å²) in [5, 5.41) is 0. The fourth-order valence-electron chi connectivity index (χ4n) is 1.34. The van der Waals surface area contributed by atoms with Crippen molar-refractivity contribution in [1.82, 2.24) is 0 Å². The van der Waals surface area contributed by atoms with E-state index in [1.54, 1.807) is 60.7 Å². The van der Waals surface area contributed by atoms with Gasteiger partial charge in [-0.05, 0) is 24.3 Å². The Labute approximate surface area is 104 Å². The molecule has 0 aliphatic carbocycles. The second-order valence-corrected chi connectivity index (χ2v) is 5.08. The maximum absolute atomic E-state index is 12.0. The van der Waals surface area contributed by atoms with Gasteiger partial charge < -0.3 is 0 Å². The van der Waals surface area contributed by atoms with Crippen molar-refractivity contribution < 1.29 is 9.84 Å². The van der Waals surface area contributed by atoms with Crippen LogP contribution < -0.4 is 0 Å². The van der Waals surface area contributed by atoms with Crippen LogP contribution in [0.3, 0.4) is 0 Å². The van der Waals surface area contributed by atoms with Gasteiger partial charge in [-0.3, -0.25) is 0 Å². The first kappa shape index (κ1) is 12.8. The summed E-state index contributed by atoms with van der Waals surface area (Å²) in [5.74, 6) is 0. The molecule has 0 unspecified atom stereocenters. The molecule has 84 valence electrons. The predicted octanol–water partition coefficient (Wildman–Crippen LogP) is 2.74. The molecule has 0 bridgehead atoms. The number of hydrogen-bond acceptors (Lipinski definition) is 2. The minimum absolute atomic E-state index is 0. The van der Waals surface area contributed by atoms with Crippen LogP contribution in [-0.2, 0) is 9.84 Å². The van der Waals surface area contributed by atoms with Crippen LogP contribution in [0.2, 0.25) is 0 Å². The summed E-state index contributed by atoms with van der Waals surface area (Å²) in [4.78, 5) is 0.660. The van der Waals surface area contributed by atoms with Crippen molar-refractivity contribution in [3.05, 3.63) is 60.7 Å². The number of hydrogen-bond donors (Lipinski definition) is 0. The van der Waals surface area contributed by atoms with Crippen molar-refractivity contribution >= 4 is 23.3 Å². The van der Waals surface area contributed by atoms with E-state index in [0.717, 1.165) is 0 Å². The second-order valence-electron chi connectivity index (χ2n) is 3.13. The molecule has 16 heavy (non-hydrogen) atoms. The van der Waals surface area contributed by atoms with Gasteiger partial charge in [0.05, 0.1) is 9.79 Å². The zero-order valence-electron chi connectivity index (χ0n) is 9.50. The molecule has 0 aliphatic heterocycles. The normalized spacial score (nSPS) is 10.5. The Morgan fingerprint density at radius 3 is 1.31 bits per heavy atom. The molecule has 2 aromatic rings. The third-order valence-electron chi connectivity index (χ3n) is 2.11. The molecule has 0 spiro atoms. The van der Waals surface area contributed by atoms with E-state index < -0.39 is 9.84 Å². The molecule has 0 amide bonds. The number of benzene rings is 2. The first-order valence-electron chi connectivity index (χ1n) is 4.56. The van der Waals surface area contributed by atoms with Crippen molar-refractivity contribution in [1.29, 1.82) is 0 Å². The third kappa shape index (κ3) is 2.46. The molecule has 0 aromatic heterocycles. The van der Waals surface area contributed by atoms with Crippen molar-refractivity contribution in [2.45, 2.75) is 9.79 Å². The summed E-state index contributed by atoms with van der Waals surface area (Å²) in [7, 11) is -3.34. The van der Waals surface area contributed by atoms with Crippen LogP contribution in [0.5, 0.6) is 0 Å². The molecule has 0 aliphatic rings. The lowest BCUT2D eigenvalue weighted by molar-refractivity contribution is 0.596. The van der Waals surface area contributed by atoms with Gasteiger partial charge in [0.15, 0.2) is 0 Å². The molecule has 2 nitrogen and oxygen atoms in total. The quantitative estimate of drug-likeness (QED) is 0.824. The molecule has 0 saturated carbocycles. The van der Waals surface area contributed by atoms with Crippen LogP contribution in [0, 0.1) is 0 Å². The fourth-order valence-corrected chi connectivity index (χ4v) is 2.64. The largest absolute Gasteiger partial charge is 1.00 e. The lowest BCUT2D eigenvalue weighted by Gasteiger charge is -2.03. The molecule has 0 fully saturated rings. The topological polar surface area (TPSA) is 34.1 Å². The highest BCUT2D eigenvalue weighted by atomic mass is 32.2. The van der Waals surface area contributed by atoms with Gasteiger partial charge in [-0.2, -0.15) is 13.5 Å². The van der Waals surface area contributed by atoms with Gasteiger partial charge in [-0.25, -0.2) is 8.42 Å². The highest BCUT2D eigenvalue weighted by Crippen LogP contribution is 2.19. The van der Waals surface area contributed by atoms with Gasteiger partial charge in [0.25, 0.3) is 0 Å². The van der Waals surface area contributed by atoms with Gasteiger partial charge in [-0.1, -0.05) is 36.4 Å². The smallest absolute Gasteiger partial charge is 0.219 e. The van der Waals surface area contributed by atoms with Gasteiger partial charge in [0.1, 0.15) is 0 Å². The van der Waals surface area contributed by atoms with Crippen molar-refractivity contribution in [2.24, 2.45) is 0 Å². The van der Waals surface area contributed by atoms with Crippen LogP contribution in [0.15, 0.2) is 70.5 Å². The molecule has 4 heteroatoms. The number of sulfone groups is 1. The Hall–Kier alpha value is -1.26. The SMILES string of the molecule is O=S(=O)(c1ccccc1)c1ccccc1.S.[H+]. The first-order chi connectivity index (χ1) is 7.21. The molecule has 2 rings (SSSR count). The monoisotopic (exact) mass is 253 g/mol. The lowest BCUT2D eigenvalue weighted by Crippen LogP contribution is -2.00. The first-order valence-corrected chi connectivity index (χ1v) is 6.05. The molecular formula is C12H13O2S2+. The summed E-state index contributed by atoms with van der Waals surface area (Å²) < 4.78 is 24.1. The van der Waals surface area contributed by atoms with Crippen LogP contribution in [0.1, 0.15) is 1.43 Å². The molecule has 0 heterocycles. The Morgan fingerprint density at radius 1 is 0.688 bits per heavy atom. The minimum Gasteiger partial charge on any atom is -0.219 e. The summed E-state index contributed by atoms with van der Waals surface area (Å²) >= 11 is 0. The molecule has 0 N–H and O–H groups in total. The van der Waals surface area contributed by atoms with Gasteiger partial charge in [0.2, 0.25) is 9.84 Å². The van der Waals surface area contributed by atoms with Crippen molar-refractivity contribution in [2.75, 3.05) is 0 Å². The van der Waals surface area contributed by atoms with E-state index in [9.17, 15) is 8.42 Å². The van der Waals surface area contributed by atoms with Gasteiger partial charge >= 0.3 is 1.43 Å². The average Bonchev–Trinajstić information content (AvgIpc) is 2.31. The average molecular weight is 253 g/mol. The zero-order chi connectivity index (χ0) is 10.7. The molecule has 0 atom stereocenters. The van der Waals surface area contributed by atoms with Gasteiger partial charge in [-0.15, -0.1) is 0 Å². The zero-order valence-corrected chi connectivity index (χ0v) is 10.3.